The number of nitrogens with zero attached hydrogens (tertiary/aromatic N) is 3. The van der Waals surface area contributed by atoms with Crippen molar-refractivity contribution in [3.05, 3.63) is 45.9 Å². The third kappa shape index (κ3) is 2.97. The first-order chi connectivity index (χ1) is 13.5. The maximum atomic E-state index is 12.7. The Morgan fingerprint density at radius 1 is 1.21 bits per heavy atom. The Hall–Kier alpha value is -2.44. The maximum Gasteiger partial charge on any atom is 0.263 e. The van der Waals surface area contributed by atoms with Crippen LogP contribution in [-0.4, -0.2) is 25.7 Å². The van der Waals surface area contributed by atoms with E-state index >= 15 is 0 Å². The highest BCUT2D eigenvalue weighted by molar-refractivity contribution is 5.93. The van der Waals surface area contributed by atoms with Gasteiger partial charge in [0, 0.05) is 36.5 Å². The predicted octanol–water partition coefficient (Wildman–Crippen LogP) is 2.38. The van der Waals surface area contributed by atoms with Gasteiger partial charge in [-0.1, -0.05) is 0 Å². The summed E-state index contributed by atoms with van der Waals surface area (Å²) in [5.41, 5.74) is 0.682. The van der Waals surface area contributed by atoms with Gasteiger partial charge in [-0.05, 0) is 63.2 Å². The van der Waals surface area contributed by atoms with Crippen LogP contribution >= 0.6 is 0 Å². The fourth-order valence-electron chi connectivity index (χ4n) is 6.17. The molecule has 1 amide bonds. The van der Waals surface area contributed by atoms with E-state index in [1.807, 2.05) is 13.1 Å². The second-order valence-electron chi connectivity index (χ2n) is 9.06. The van der Waals surface area contributed by atoms with E-state index in [2.05, 4.69) is 20.4 Å². The molecule has 7 nitrogen and oxygen atoms in total. The number of nitrogens with one attached hydrogen (secondary N) is 2. The van der Waals surface area contributed by atoms with E-state index in [1.54, 1.807) is 10.9 Å². The third-order valence-corrected chi connectivity index (χ3v) is 7.05. The Morgan fingerprint density at radius 3 is 2.46 bits per heavy atom. The van der Waals surface area contributed by atoms with Crippen LogP contribution in [0.3, 0.4) is 0 Å². The molecule has 148 valence electrons. The molecule has 2 N–H and O–H groups in total. The lowest BCUT2D eigenvalue weighted by atomic mass is 9.49. The molecule has 28 heavy (non-hydrogen) atoms. The molecule has 0 radical (unpaired) electrons. The molecule has 7 heteroatoms. The summed E-state index contributed by atoms with van der Waals surface area (Å²) < 4.78 is 1.80. The van der Waals surface area contributed by atoms with Crippen LogP contribution in [0.4, 0.5) is 0 Å². The van der Waals surface area contributed by atoms with Crippen molar-refractivity contribution >= 4 is 5.91 Å². The predicted molar refractivity (Wildman–Crippen MR) is 104 cm³/mol. The fraction of sp³-hybridized carbons (Fsp3) is 0.619. The van der Waals surface area contributed by atoms with Gasteiger partial charge in [-0.15, -0.1) is 0 Å². The molecule has 4 aliphatic rings. The number of carbonyl (C=O) groups excluding carboxylic acids is 1. The third-order valence-electron chi connectivity index (χ3n) is 7.05. The van der Waals surface area contributed by atoms with Crippen LogP contribution in [-0.2, 0) is 18.5 Å². The molecule has 2 aromatic heterocycles. The Kier molecular flexibility index (Phi) is 4.14. The summed E-state index contributed by atoms with van der Waals surface area (Å²) in [5.74, 6) is 2.75. The van der Waals surface area contributed by atoms with E-state index in [0.717, 1.165) is 54.9 Å². The number of hydrogen-bond donors (Lipinski definition) is 2. The van der Waals surface area contributed by atoms with Gasteiger partial charge in [-0.2, -0.15) is 5.10 Å². The van der Waals surface area contributed by atoms with Crippen molar-refractivity contribution in [3.63, 3.8) is 0 Å². The SMILES string of the molecule is CCn1cc(CNC(=O)c2cnc(C34CC5CC(CC(C5)C3)C4)[nH]c2=O)cn1. The normalized spacial score (nSPS) is 30.5. The summed E-state index contributed by atoms with van der Waals surface area (Å²) >= 11 is 0. The first-order valence-electron chi connectivity index (χ1n) is 10.4. The van der Waals surface area contributed by atoms with Crippen LogP contribution in [0.2, 0.25) is 0 Å². The highest BCUT2D eigenvalue weighted by atomic mass is 16.2. The Bertz CT molecular complexity index is 924. The molecule has 0 spiro atoms. The number of hydrogen-bond acceptors (Lipinski definition) is 4. The molecule has 2 heterocycles. The van der Waals surface area contributed by atoms with Gasteiger partial charge < -0.3 is 10.3 Å². The first-order valence-corrected chi connectivity index (χ1v) is 10.4. The number of carbonyl (C=O) groups is 1. The summed E-state index contributed by atoms with van der Waals surface area (Å²) in [7, 11) is 0. The van der Waals surface area contributed by atoms with E-state index in [4.69, 9.17) is 0 Å². The second kappa shape index (κ2) is 6.57. The van der Waals surface area contributed by atoms with Crippen molar-refractivity contribution in [2.75, 3.05) is 0 Å². The molecule has 0 aromatic carbocycles. The van der Waals surface area contributed by atoms with Crippen LogP contribution in [0.15, 0.2) is 23.4 Å². The number of aromatic nitrogens is 4. The van der Waals surface area contributed by atoms with Gasteiger partial charge in [0.25, 0.3) is 11.5 Å². The van der Waals surface area contributed by atoms with Crippen LogP contribution < -0.4 is 10.9 Å². The lowest BCUT2D eigenvalue weighted by molar-refractivity contribution is -0.00953. The second-order valence-corrected chi connectivity index (χ2v) is 9.06. The zero-order valence-corrected chi connectivity index (χ0v) is 16.3. The number of amides is 1. The molecule has 0 unspecified atom stereocenters. The smallest absolute Gasteiger partial charge is 0.263 e. The molecule has 4 aliphatic carbocycles. The molecule has 0 aliphatic heterocycles. The number of aryl methyl sites for hydroxylation is 1. The van der Waals surface area contributed by atoms with Crippen LogP contribution in [0, 0.1) is 17.8 Å². The van der Waals surface area contributed by atoms with E-state index in [-0.39, 0.29) is 16.5 Å². The highest BCUT2D eigenvalue weighted by Crippen LogP contribution is 2.59. The van der Waals surface area contributed by atoms with Crippen molar-refractivity contribution in [2.24, 2.45) is 17.8 Å². The molecule has 6 rings (SSSR count). The minimum Gasteiger partial charge on any atom is -0.348 e. The largest absolute Gasteiger partial charge is 0.348 e. The zero-order valence-electron chi connectivity index (χ0n) is 16.3. The van der Waals surface area contributed by atoms with Gasteiger partial charge in [-0.25, -0.2) is 4.98 Å². The van der Waals surface area contributed by atoms with Crippen molar-refractivity contribution in [3.8, 4) is 0 Å². The average molecular weight is 381 g/mol. The van der Waals surface area contributed by atoms with E-state index in [0.29, 0.717) is 6.54 Å². The summed E-state index contributed by atoms with van der Waals surface area (Å²) in [5, 5.41) is 6.99. The monoisotopic (exact) mass is 381 g/mol. The quantitative estimate of drug-likeness (QED) is 0.832. The lowest BCUT2D eigenvalue weighted by Crippen LogP contribution is -2.50. The fourth-order valence-corrected chi connectivity index (χ4v) is 6.17. The van der Waals surface area contributed by atoms with Gasteiger partial charge in [-0.3, -0.25) is 14.3 Å². The Balaban J connectivity index is 1.32. The highest BCUT2D eigenvalue weighted by Gasteiger charge is 2.52. The first kappa shape index (κ1) is 17.6. The van der Waals surface area contributed by atoms with Gasteiger partial charge in [0.2, 0.25) is 0 Å². The van der Waals surface area contributed by atoms with Crippen molar-refractivity contribution in [1.29, 1.82) is 0 Å². The molecule has 4 bridgehead atoms. The van der Waals surface area contributed by atoms with Crippen molar-refractivity contribution in [1.82, 2.24) is 25.1 Å². The topological polar surface area (TPSA) is 92.7 Å². The summed E-state index contributed by atoms with van der Waals surface area (Å²) in [4.78, 5) is 32.7. The van der Waals surface area contributed by atoms with E-state index < -0.39 is 5.91 Å². The Labute approximate surface area is 163 Å². The number of rotatable bonds is 5. The molecule has 0 atom stereocenters. The average Bonchev–Trinajstić information content (AvgIpc) is 3.13. The standard InChI is InChI=1S/C21H27N5O2/c1-2-26-12-16(10-24-26)9-22-18(27)17-11-23-20(25-19(17)28)21-6-13-3-14(7-21)5-15(4-13)8-21/h10-15H,2-9H2,1H3,(H,22,27)(H,23,25,28). The van der Waals surface area contributed by atoms with Crippen LogP contribution in [0.1, 0.15) is 67.2 Å². The molecular formula is C21H27N5O2. The lowest BCUT2D eigenvalue weighted by Gasteiger charge is -2.56. The Morgan fingerprint density at radius 2 is 1.89 bits per heavy atom. The molecule has 4 saturated carbocycles. The summed E-state index contributed by atoms with van der Waals surface area (Å²) in [6.07, 6.45) is 12.5. The summed E-state index contributed by atoms with van der Waals surface area (Å²) in [6.45, 7) is 3.13. The van der Waals surface area contributed by atoms with Gasteiger partial charge >= 0.3 is 0 Å². The molecule has 4 fully saturated rings. The summed E-state index contributed by atoms with van der Waals surface area (Å²) in [6, 6.07) is 0. The minimum absolute atomic E-state index is 0.0254. The van der Waals surface area contributed by atoms with Crippen molar-refractivity contribution in [2.45, 2.75) is 64.0 Å². The minimum atomic E-state index is -0.393. The zero-order chi connectivity index (χ0) is 19.3. The molecular weight excluding hydrogens is 354 g/mol. The van der Waals surface area contributed by atoms with Gasteiger partial charge in [0.15, 0.2) is 0 Å². The van der Waals surface area contributed by atoms with Crippen LogP contribution in [0.25, 0.3) is 0 Å². The maximum absolute atomic E-state index is 12.7. The number of H-pyrrole nitrogens is 1. The van der Waals surface area contributed by atoms with Crippen molar-refractivity contribution < 1.29 is 4.79 Å². The van der Waals surface area contributed by atoms with E-state index in [1.165, 1.54) is 25.5 Å². The van der Waals surface area contributed by atoms with Crippen LogP contribution in [0.5, 0.6) is 0 Å². The van der Waals surface area contributed by atoms with Gasteiger partial charge in [0.1, 0.15) is 11.4 Å². The van der Waals surface area contributed by atoms with E-state index in [9.17, 15) is 9.59 Å². The number of aromatic amines is 1. The molecule has 0 saturated heterocycles. The van der Waals surface area contributed by atoms with Gasteiger partial charge in [0.05, 0.1) is 6.20 Å². The molecule has 2 aromatic rings.